The maximum atomic E-state index is 11.2. The van der Waals surface area contributed by atoms with Gasteiger partial charge in [-0.25, -0.2) is 0 Å². The molecule has 1 N–H and O–H groups in total. The molecule has 0 spiro atoms. The molecular weight excluding hydrogens is 198 g/mol. The van der Waals surface area contributed by atoms with Crippen molar-refractivity contribution in [2.75, 3.05) is 12.4 Å². The van der Waals surface area contributed by atoms with Gasteiger partial charge in [-0.1, -0.05) is 27.7 Å². The molecule has 0 fully saturated rings. The van der Waals surface area contributed by atoms with Crippen LogP contribution in [-0.4, -0.2) is 18.3 Å². The molecule has 0 aliphatic rings. The van der Waals surface area contributed by atoms with Gasteiger partial charge < -0.3 is 5.32 Å². The van der Waals surface area contributed by atoms with E-state index in [2.05, 4.69) is 33.0 Å². The van der Waals surface area contributed by atoms with Crippen molar-refractivity contribution in [2.45, 2.75) is 40.5 Å². The molecule has 0 unspecified atom stereocenters. The van der Waals surface area contributed by atoms with Crippen molar-refractivity contribution < 1.29 is 4.79 Å². The van der Waals surface area contributed by atoms with Crippen molar-refractivity contribution in [3.05, 3.63) is 0 Å². The molecule has 0 atom stereocenters. The van der Waals surface area contributed by atoms with Crippen LogP contribution in [0.4, 0.5) is 0 Å². The Balaban J connectivity index is 3.80. The number of nitrogens with one attached hydrogen (secondary N) is 1. The van der Waals surface area contributed by atoms with Gasteiger partial charge in [0.1, 0.15) is 0 Å². The first kappa shape index (κ1) is 13.8. The highest BCUT2D eigenvalue weighted by atomic mass is 35.5. The Morgan fingerprint density at radius 1 is 1.43 bits per heavy atom. The van der Waals surface area contributed by atoms with Crippen molar-refractivity contribution in [3.63, 3.8) is 0 Å². The van der Waals surface area contributed by atoms with Crippen LogP contribution in [0.5, 0.6) is 0 Å². The largest absolute Gasteiger partial charge is 0.356 e. The fourth-order valence-electron chi connectivity index (χ4n) is 1.69. The highest BCUT2D eigenvalue weighted by Gasteiger charge is 2.19. The molecule has 3 heteroatoms. The lowest BCUT2D eigenvalue weighted by molar-refractivity contribution is -0.121. The first-order valence-corrected chi connectivity index (χ1v) is 5.73. The number of alkyl halides is 1. The predicted molar refractivity (Wildman–Crippen MR) is 61.6 cm³/mol. The summed E-state index contributed by atoms with van der Waals surface area (Å²) in [6, 6.07) is 0. The Labute approximate surface area is 92.4 Å². The van der Waals surface area contributed by atoms with Gasteiger partial charge in [0.05, 0.1) is 0 Å². The Morgan fingerprint density at radius 2 is 2.00 bits per heavy atom. The second-order valence-corrected chi connectivity index (χ2v) is 5.36. The minimum atomic E-state index is 0.0526. The number of rotatable bonds is 6. The van der Waals surface area contributed by atoms with Gasteiger partial charge in [-0.15, -0.1) is 11.6 Å². The minimum Gasteiger partial charge on any atom is -0.356 e. The fourth-order valence-corrected chi connectivity index (χ4v) is 1.86. The van der Waals surface area contributed by atoms with Gasteiger partial charge in [-0.05, 0) is 17.8 Å². The standard InChI is InChI=1S/C11H22ClNO/c1-9(2)7-11(3,4)8-13-10(14)5-6-12/h9H,5-8H2,1-4H3,(H,13,14). The molecule has 0 saturated heterocycles. The molecule has 84 valence electrons. The first-order chi connectivity index (χ1) is 6.37. The second kappa shape index (κ2) is 6.28. The molecule has 0 heterocycles. The summed E-state index contributed by atoms with van der Waals surface area (Å²) in [6.45, 7) is 9.48. The third-order valence-corrected chi connectivity index (χ3v) is 2.24. The van der Waals surface area contributed by atoms with E-state index in [1.807, 2.05) is 0 Å². The molecule has 14 heavy (non-hydrogen) atoms. The van der Waals surface area contributed by atoms with E-state index < -0.39 is 0 Å². The molecule has 2 nitrogen and oxygen atoms in total. The number of carbonyl (C=O) groups excluding carboxylic acids is 1. The van der Waals surface area contributed by atoms with Crippen LogP contribution in [0.1, 0.15) is 40.5 Å². The highest BCUT2D eigenvalue weighted by molar-refractivity contribution is 6.18. The second-order valence-electron chi connectivity index (χ2n) is 4.98. The lowest BCUT2D eigenvalue weighted by Gasteiger charge is -2.26. The van der Waals surface area contributed by atoms with E-state index in [9.17, 15) is 4.79 Å². The lowest BCUT2D eigenvalue weighted by Crippen LogP contribution is -2.34. The smallest absolute Gasteiger partial charge is 0.221 e. The number of hydrogen-bond acceptors (Lipinski definition) is 1. The zero-order chi connectivity index (χ0) is 11.2. The number of hydrogen-bond donors (Lipinski definition) is 1. The molecular formula is C11H22ClNO. The zero-order valence-corrected chi connectivity index (χ0v) is 10.4. The number of carbonyl (C=O) groups is 1. The van der Waals surface area contributed by atoms with E-state index in [-0.39, 0.29) is 11.3 Å². The number of halogens is 1. The van der Waals surface area contributed by atoms with Crippen LogP contribution in [-0.2, 0) is 4.79 Å². The van der Waals surface area contributed by atoms with Crippen LogP contribution in [0.2, 0.25) is 0 Å². The summed E-state index contributed by atoms with van der Waals surface area (Å²) < 4.78 is 0. The molecule has 0 aromatic heterocycles. The van der Waals surface area contributed by atoms with E-state index in [1.54, 1.807) is 0 Å². The maximum Gasteiger partial charge on any atom is 0.221 e. The van der Waals surface area contributed by atoms with E-state index in [1.165, 1.54) is 0 Å². The van der Waals surface area contributed by atoms with Gasteiger partial charge in [0, 0.05) is 18.8 Å². The Morgan fingerprint density at radius 3 is 2.43 bits per heavy atom. The highest BCUT2D eigenvalue weighted by Crippen LogP contribution is 2.23. The Bertz CT molecular complexity index is 178. The monoisotopic (exact) mass is 219 g/mol. The summed E-state index contributed by atoms with van der Waals surface area (Å²) in [5, 5.41) is 2.91. The van der Waals surface area contributed by atoms with Crippen LogP contribution in [0.25, 0.3) is 0 Å². The van der Waals surface area contributed by atoms with Gasteiger partial charge in [-0.3, -0.25) is 4.79 Å². The van der Waals surface area contributed by atoms with E-state index in [0.717, 1.165) is 13.0 Å². The average Bonchev–Trinajstić information content (AvgIpc) is 1.99. The summed E-state index contributed by atoms with van der Waals surface area (Å²) in [5.74, 6) is 1.11. The van der Waals surface area contributed by atoms with Gasteiger partial charge in [0.15, 0.2) is 0 Å². The van der Waals surface area contributed by atoms with Crippen LogP contribution in [0.3, 0.4) is 0 Å². The molecule has 0 bridgehead atoms. The van der Waals surface area contributed by atoms with Crippen molar-refractivity contribution in [3.8, 4) is 0 Å². The minimum absolute atomic E-state index is 0.0526. The normalized spacial score (nSPS) is 11.9. The van der Waals surface area contributed by atoms with Crippen molar-refractivity contribution in [2.24, 2.45) is 11.3 Å². The van der Waals surface area contributed by atoms with E-state index in [4.69, 9.17) is 11.6 Å². The topological polar surface area (TPSA) is 29.1 Å². The van der Waals surface area contributed by atoms with E-state index in [0.29, 0.717) is 18.2 Å². The van der Waals surface area contributed by atoms with Gasteiger partial charge in [0.2, 0.25) is 5.91 Å². The fraction of sp³-hybridized carbons (Fsp3) is 0.909. The van der Waals surface area contributed by atoms with Gasteiger partial charge in [0.25, 0.3) is 0 Å². The summed E-state index contributed by atoms with van der Waals surface area (Å²) in [7, 11) is 0. The SMILES string of the molecule is CC(C)CC(C)(C)CNC(=O)CCCl. The van der Waals surface area contributed by atoms with Crippen LogP contribution >= 0.6 is 11.6 Å². The summed E-state index contributed by atoms with van der Waals surface area (Å²) >= 11 is 5.47. The molecule has 0 aromatic rings. The third-order valence-electron chi connectivity index (χ3n) is 2.05. The molecule has 1 amide bonds. The van der Waals surface area contributed by atoms with Crippen molar-refractivity contribution in [1.29, 1.82) is 0 Å². The maximum absolute atomic E-state index is 11.2. The van der Waals surface area contributed by atoms with Gasteiger partial charge in [-0.2, -0.15) is 0 Å². The summed E-state index contributed by atoms with van der Waals surface area (Å²) in [4.78, 5) is 11.2. The van der Waals surface area contributed by atoms with Crippen molar-refractivity contribution >= 4 is 17.5 Å². The zero-order valence-electron chi connectivity index (χ0n) is 9.69. The molecule has 0 aliphatic heterocycles. The quantitative estimate of drug-likeness (QED) is 0.684. The van der Waals surface area contributed by atoms with Crippen LogP contribution in [0.15, 0.2) is 0 Å². The Kier molecular flexibility index (Phi) is 6.17. The van der Waals surface area contributed by atoms with Crippen LogP contribution < -0.4 is 5.32 Å². The third kappa shape index (κ3) is 7.19. The molecule has 0 aliphatic carbocycles. The number of amides is 1. The molecule has 0 rings (SSSR count). The van der Waals surface area contributed by atoms with Crippen LogP contribution in [0, 0.1) is 11.3 Å². The summed E-state index contributed by atoms with van der Waals surface area (Å²) in [5.41, 5.74) is 0.177. The first-order valence-electron chi connectivity index (χ1n) is 5.20. The molecule has 0 saturated carbocycles. The predicted octanol–water partition coefficient (Wildman–Crippen LogP) is 2.80. The van der Waals surface area contributed by atoms with Crippen molar-refractivity contribution in [1.82, 2.24) is 5.32 Å². The Hall–Kier alpha value is -0.240. The molecule has 0 radical (unpaired) electrons. The molecule has 0 aromatic carbocycles. The summed E-state index contributed by atoms with van der Waals surface area (Å²) in [6.07, 6.45) is 1.54. The van der Waals surface area contributed by atoms with E-state index >= 15 is 0 Å². The average molecular weight is 220 g/mol. The van der Waals surface area contributed by atoms with Gasteiger partial charge >= 0.3 is 0 Å². The lowest BCUT2D eigenvalue weighted by atomic mass is 9.84.